The third-order valence-corrected chi connectivity index (χ3v) is 5.15. The van der Waals surface area contributed by atoms with E-state index in [1.54, 1.807) is 32.4 Å². The number of carbonyl (C=O) groups is 1. The van der Waals surface area contributed by atoms with Gasteiger partial charge in [-0.25, -0.2) is 0 Å². The fourth-order valence-electron chi connectivity index (χ4n) is 3.04. The van der Waals surface area contributed by atoms with Crippen molar-refractivity contribution in [3.63, 3.8) is 0 Å². The van der Waals surface area contributed by atoms with Gasteiger partial charge in [0, 0.05) is 5.56 Å². The molecule has 0 saturated heterocycles. The van der Waals surface area contributed by atoms with Crippen molar-refractivity contribution in [2.75, 3.05) is 20.5 Å². The molecule has 1 aromatic heterocycles. The molecular weight excluding hydrogens is 388 g/mol. The summed E-state index contributed by atoms with van der Waals surface area (Å²) in [6, 6.07) is 13.4. The van der Waals surface area contributed by atoms with Crippen molar-refractivity contribution in [1.82, 2.24) is 20.1 Å². The van der Waals surface area contributed by atoms with Crippen LogP contribution in [0.15, 0.2) is 47.6 Å². The number of hydrogen-bond donors (Lipinski definition) is 1. The van der Waals surface area contributed by atoms with Crippen molar-refractivity contribution in [2.24, 2.45) is 0 Å². The Morgan fingerprint density at radius 3 is 2.62 bits per heavy atom. The van der Waals surface area contributed by atoms with Crippen molar-refractivity contribution in [3.8, 4) is 17.2 Å². The molecule has 0 fully saturated rings. The summed E-state index contributed by atoms with van der Waals surface area (Å²) in [5.41, 5.74) is 2.87. The van der Waals surface area contributed by atoms with Crippen LogP contribution in [0.4, 0.5) is 0 Å². The van der Waals surface area contributed by atoms with E-state index >= 15 is 0 Å². The molecule has 3 rings (SSSR count). The van der Waals surface area contributed by atoms with Crippen LogP contribution in [0.25, 0.3) is 5.69 Å². The number of amides is 1. The van der Waals surface area contributed by atoms with Gasteiger partial charge in [0.15, 0.2) is 11.0 Å². The minimum absolute atomic E-state index is 0.137. The Balaban J connectivity index is 1.77. The third-order valence-electron chi connectivity index (χ3n) is 4.52. The van der Waals surface area contributed by atoms with Gasteiger partial charge < -0.3 is 14.8 Å². The molecule has 1 heterocycles. The number of para-hydroxylation sites is 1. The van der Waals surface area contributed by atoms with Crippen molar-refractivity contribution in [2.45, 2.75) is 25.0 Å². The van der Waals surface area contributed by atoms with Crippen LogP contribution >= 0.6 is 11.8 Å². The van der Waals surface area contributed by atoms with E-state index in [0.717, 1.165) is 22.0 Å². The maximum atomic E-state index is 12.6. The average Bonchev–Trinajstić information content (AvgIpc) is 3.15. The fraction of sp³-hybridized carbons (Fsp3) is 0.286. The quantitative estimate of drug-likeness (QED) is 0.573. The predicted molar refractivity (Wildman–Crippen MR) is 113 cm³/mol. The van der Waals surface area contributed by atoms with Gasteiger partial charge >= 0.3 is 0 Å². The van der Waals surface area contributed by atoms with E-state index in [-0.39, 0.29) is 18.9 Å². The van der Waals surface area contributed by atoms with Crippen molar-refractivity contribution in [1.29, 1.82) is 0 Å². The Bertz CT molecular complexity index is 1000. The first kappa shape index (κ1) is 20.7. The van der Waals surface area contributed by atoms with E-state index in [9.17, 15) is 4.79 Å². The second-order valence-electron chi connectivity index (χ2n) is 6.36. The highest BCUT2D eigenvalue weighted by Gasteiger charge is 2.16. The first-order valence-corrected chi connectivity index (χ1v) is 10.3. The zero-order chi connectivity index (χ0) is 20.8. The molecule has 0 aliphatic rings. The summed E-state index contributed by atoms with van der Waals surface area (Å²) in [4.78, 5) is 12.6. The average molecular weight is 413 g/mol. The summed E-state index contributed by atoms with van der Waals surface area (Å²) < 4.78 is 12.6. The van der Waals surface area contributed by atoms with Gasteiger partial charge in [-0.3, -0.25) is 9.36 Å². The van der Waals surface area contributed by atoms with Crippen LogP contribution in [0.3, 0.4) is 0 Å². The molecule has 3 aromatic rings. The summed E-state index contributed by atoms with van der Waals surface area (Å²) in [5, 5.41) is 12.2. The maximum absolute atomic E-state index is 12.6. The molecule has 0 saturated carbocycles. The van der Waals surface area contributed by atoms with E-state index in [0.29, 0.717) is 17.3 Å². The summed E-state index contributed by atoms with van der Waals surface area (Å²) >= 11 is 1.51. The summed E-state index contributed by atoms with van der Waals surface area (Å²) in [6.07, 6.45) is 2.13. The van der Waals surface area contributed by atoms with E-state index in [4.69, 9.17) is 9.47 Å². The van der Waals surface area contributed by atoms with E-state index < -0.39 is 0 Å². The monoisotopic (exact) mass is 412 g/mol. The normalized spacial score (nSPS) is 10.6. The molecule has 0 bridgehead atoms. The largest absolute Gasteiger partial charge is 0.497 e. The van der Waals surface area contributed by atoms with Crippen LogP contribution < -0.4 is 14.8 Å². The number of nitrogens with one attached hydrogen (secondary N) is 1. The minimum Gasteiger partial charge on any atom is -0.497 e. The molecule has 2 aromatic carbocycles. The van der Waals surface area contributed by atoms with Crippen LogP contribution in [-0.4, -0.2) is 41.1 Å². The number of methoxy groups -OCH3 is 2. The smallest absolute Gasteiger partial charge is 0.224 e. The summed E-state index contributed by atoms with van der Waals surface area (Å²) in [6.45, 7) is 2.31. The molecule has 29 heavy (non-hydrogen) atoms. The van der Waals surface area contributed by atoms with E-state index in [1.807, 2.05) is 42.0 Å². The van der Waals surface area contributed by atoms with Crippen LogP contribution in [0.2, 0.25) is 0 Å². The summed E-state index contributed by atoms with van der Waals surface area (Å²) in [7, 11) is 3.17. The number of nitrogens with zero attached hydrogens (tertiary/aromatic N) is 3. The van der Waals surface area contributed by atoms with Gasteiger partial charge in [-0.05, 0) is 43.0 Å². The molecule has 152 valence electrons. The second-order valence-corrected chi connectivity index (χ2v) is 7.13. The summed E-state index contributed by atoms with van der Waals surface area (Å²) in [5.74, 6) is 1.86. The van der Waals surface area contributed by atoms with E-state index in [1.165, 1.54) is 11.8 Å². The Morgan fingerprint density at radius 2 is 1.93 bits per heavy atom. The molecule has 8 heteroatoms. The first-order valence-electron chi connectivity index (χ1n) is 9.09. The number of thioether (sulfide) groups is 1. The highest BCUT2D eigenvalue weighted by atomic mass is 32.2. The predicted octanol–water partition coefficient (Wildman–Crippen LogP) is 3.17. The van der Waals surface area contributed by atoms with Crippen LogP contribution in [0.5, 0.6) is 11.5 Å². The number of hydrogen-bond acceptors (Lipinski definition) is 6. The highest BCUT2D eigenvalue weighted by Crippen LogP contribution is 2.25. The zero-order valence-electron chi connectivity index (χ0n) is 16.9. The molecule has 0 atom stereocenters. The van der Waals surface area contributed by atoms with Crippen LogP contribution in [-0.2, 0) is 17.8 Å². The van der Waals surface area contributed by atoms with E-state index in [2.05, 4.69) is 15.5 Å². The number of rotatable bonds is 8. The van der Waals surface area contributed by atoms with Gasteiger partial charge in [0.05, 0.1) is 32.9 Å². The lowest BCUT2D eigenvalue weighted by Gasteiger charge is -2.13. The number of aryl methyl sites for hydroxylation is 1. The molecule has 0 unspecified atom stereocenters. The van der Waals surface area contributed by atoms with Gasteiger partial charge in [0.2, 0.25) is 5.91 Å². The Labute approximate surface area is 174 Å². The van der Waals surface area contributed by atoms with Gasteiger partial charge in [0.1, 0.15) is 11.5 Å². The Morgan fingerprint density at radius 1 is 1.14 bits per heavy atom. The van der Waals surface area contributed by atoms with Crippen LogP contribution in [0, 0.1) is 6.92 Å². The minimum atomic E-state index is -0.137. The SMILES string of the molecule is COc1ccc(OC)c(CC(=O)NCc2nnc(SC)n2-c2ccccc2C)c1. The molecule has 0 aliphatic heterocycles. The van der Waals surface area contributed by atoms with Gasteiger partial charge in [-0.1, -0.05) is 30.0 Å². The van der Waals surface area contributed by atoms with Gasteiger partial charge in [-0.2, -0.15) is 0 Å². The maximum Gasteiger partial charge on any atom is 0.224 e. The molecule has 0 spiro atoms. The lowest BCUT2D eigenvalue weighted by Crippen LogP contribution is -2.26. The Hall–Kier alpha value is -3.00. The Kier molecular flexibility index (Phi) is 6.77. The van der Waals surface area contributed by atoms with Crippen LogP contribution in [0.1, 0.15) is 17.0 Å². The van der Waals surface area contributed by atoms with Crippen molar-refractivity contribution < 1.29 is 14.3 Å². The van der Waals surface area contributed by atoms with Crippen molar-refractivity contribution in [3.05, 3.63) is 59.4 Å². The lowest BCUT2D eigenvalue weighted by molar-refractivity contribution is -0.120. The molecule has 0 aliphatic carbocycles. The number of aromatic nitrogens is 3. The number of ether oxygens (including phenoxy) is 2. The molecule has 0 radical (unpaired) electrons. The lowest BCUT2D eigenvalue weighted by atomic mass is 10.1. The van der Waals surface area contributed by atoms with Gasteiger partial charge in [0.25, 0.3) is 0 Å². The fourth-order valence-corrected chi connectivity index (χ4v) is 3.55. The first-order chi connectivity index (χ1) is 14.1. The topological polar surface area (TPSA) is 78.3 Å². The zero-order valence-corrected chi connectivity index (χ0v) is 17.7. The third kappa shape index (κ3) is 4.71. The molecular formula is C21H24N4O3S. The second kappa shape index (κ2) is 9.47. The molecule has 1 amide bonds. The molecule has 7 nitrogen and oxygen atoms in total. The van der Waals surface area contributed by atoms with Gasteiger partial charge in [-0.15, -0.1) is 10.2 Å². The number of benzene rings is 2. The van der Waals surface area contributed by atoms with Crippen molar-refractivity contribution >= 4 is 17.7 Å². The highest BCUT2D eigenvalue weighted by molar-refractivity contribution is 7.98. The molecule has 1 N–H and O–H groups in total. The standard InChI is InChI=1S/C21H24N4O3S/c1-14-7-5-6-8-17(14)25-19(23-24-21(25)29-4)13-22-20(26)12-15-11-16(27-2)9-10-18(15)28-3/h5-11H,12-13H2,1-4H3,(H,22,26). The number of carbonyl (C=O) groups excluding carboxylic acids is 1.